The van der Waals surface area contributed by atoms with Crippen molar-refractivity contribution in [2.24, 2.45) is 0 Å². The van der Waals surface area contributed by atoms with Gasteiger partial charge in [-0.15, -0.1) is 0 Å². The summed E-state index contributed by atoms with van der Waals surface area (Å²) in [5.41, 5.74) is 2.34. The van der Waals surface area contributed by atoms with Crippen LogP contribution in [0.2, 0.25) is 0 Å². The Morgan fingerprint density at radius 2 is 2.05 bits per heavy atom. The first-order valence-corrected chi connectivity index (χ1v) is 6.73. The second kappa shape index (κ2) is 5.72. The molecule has 1 aromatic rings. The number of hydrogen-bond donors (Lipinski definition) is 2. The molecule has 1 heterocycles. The van der Waals surface area contributed by atoms with Gasteiger partial charge in [0.25, 0.3) is 0 Å². The maximum atomic E-state index is 12.3. The molecule has 3 unspecified atom stereocenters. The molecule has 0 saturated carbocycles. The third-order valence-corrected chi connectivity index (χ3v) is 3.89. The maximum Gasteiger partial charge on any atom is 0.240 e. The topological polar surface area (TPSA) is 52.6 Å². The minimum Gasteiger partial charge on any atom is -0.392 e. The predicted molar refractivity (Wildman–Crippen MR) is 74.8 cm³/mol. The molecule has 2 N–H and O–H groups in total. The van der Waals surface area contributed by atoms with Crippen LogP contribution in [0.3, 0.4) is 0 Å². The fourth-order valence-corrected chi connectivity index (χ4v) is 2.41. The van der Waals surface area contributed by atoms with Gasteiger partial charge in [0.1, 0.15) is 0 Å². The Morgan fingerprint density at radius 3 is 2.58 bits per heavy atom. The van der Waals surface area contributed by atoms with Crippen molar-refractivity contribution >= 4 is 5.91 Å². The van der Waals surface area contributed by atoms with Crippen molar-refractivity contribution in [2.45, 2.75) is 38.5 Å². The van der Waals surface area contributed by atoms with Crippen LogP contribution in [0, 0.1) is 6.92 Å². The molecule has 1 fully saturated rings. The SMILES string of the molecule is Cc1ccc(C(C)N(C)C(=O)C2CC(O)CN2)cc1. The van der Waals surface area contributed by atoms with E-state index in [0.717, 1.165) is 5.56 Å². The molecule has 1 aromatic carbocycles. The summed E-state index contributed by atoms with van der Waals surface area (Å²) in [6.07, 6.45) is 0.0982. The summed E-state index contributed by atoms with van der Waals surface area (Å²) in [6.45, 7) is 4.57. The van der Waals surface area contributed by atoms with E-state index in [1.54, 1.807) is 4.90 Å². The van der Waals surface area contributed by atoms with E-state index in [4.69, 9.17) is 0 Å². The van der Waals surface area contributed by atoms with Crippen molar-refractivity contribution in [1.29, 1.82) is 0 Å². The number of nitrogens with one attached hydrogen (secondary N) is 1. The van der Waals surface area contributed by atoms with Crippen LogP contribution >= 0.6 is 0 Å². The van der Waals surface area contributed by atoms with Gasteiger partial charge in [0, 0.05) is 13.6 Å². The van der Waals surface area contributed by atoms with Gasteiger partial charge in [-0.2, -0.15) is 0 Å². The highest BCUT2D eigenvalue weighted by Crippen LogP contribution is 2.21. The van der Waals surface area contributed by atoms with Crippen LogP contribution in [0.25, 0.3) is 0 Å². The van der Waals surface area contributed by atoms with Crippen molar-refractivity contribution < 1.29 is 9.90 Å². The van der Waals surface area contributed by atoms with Crippen LogP contribution in [-0.2, 0) is 4.79 Å². The highest BCUT2D eigenvalue weighted by Gasteiger charge is 2.31. The van der Waals surface area contributed by atoms with E-state index >= 15 is 0 Å². The number of aliphatic hydroxyl groups is 1. The molecule has 1 saturated heterocycles. The molecule has 4 nitrogen and oxygen atoms in total. The lowest BCUT2D eigenvalue weighted by Gasteiger charge is -2.28. The maximum absolute atomic E-state index is 12.3. The Bertz CT molecular complexity index is 444. The van der Waals surface area contributed by atoms with E-state index in [0.29, 0.717) is 13.0 Å². The van der Waals surface area contributed by atoms with Gasteiger partial charge < -0.3 is 15.3 Å². The quantitative estimate of drug-likeness (QED) is 0.861. The van der Waals surface area contributed by atoms with Crippen molar-refractivity contribution in [3.8, 4) is 0 Å². The monoisotopic (exact) mass is 262 g/mol. The normalized spacial score (nSPS) is 24.2. The van der Waals surface area contributed by atoms with E-state index in [-0.39, 0.29) is 18.0 Å². The Balaban J connectivity index is 2.04. The van der Waals surface area contributed by atoms with E-state index in [2.05, 4.69) is 29.6 Å². The molecule has 104 valence electrons. The van der Waals surface area contributed by atoms with Crippen LogP contribution in [0.4, 0.5) is 0 Å². The van der Waals surface area contributed by atoms with Gasteiger partial charge in [0.2, 0.25) is 5.91 Å². The average Bonchev–Trinajstić information content (AvgIpc) is 2.84. The van der Waals surface area contributed by atoms with Gasteiger partial charge in [-0.3, -0.25) is 4.79 Å². The third kappa shape index (κ3) is 3.14. The molecule has 3 atom stereocenters. The van der Waals surface area contributed by atoms with Gasteiger partial charge in [-0.25, -0.2) is 0 Å². The van der Waals surface area contributed by atoms with Crippen molar-refractivity contribution in [2.75, 3.05) is 13.6 Å². The summed E-state index contributed by atoms with van der Waals surface area (Å²) in [5, 5.41) is 12.5. The van der Waals surface area contributed by atoms with E-state index in [9.17, 15) is 9.90 Å². The van der Waals surface area contributed by atoms with Crippen LogP contribution in [-0.4, -0.2) is 41.7 Å². The lowest BCUT2D eigenvalue weighted by molar-refractivity contribution is -0.133. The zero-order valence-electron chi connectivity index (χ0n) is 11.8. The molecule has 0 radical (unpaired) electrons. The third-order valence-electron chi connectivity index (χ3n) is 3.89. The van der Waals surface area contributed by atoms with Crippen LogP contribution in [0.15, 0.2) is 24.3 Å². The minimum atomic E-state index is -0.406. The van der Waals surface area contributed by atoms with Crippen LogP contribution < -0.4 is 5.32 Å². The number of amides is 1. The minimum absolute atomic E-state index is 0.0349. The number of benzene rings is 1. The number of nitrogens with zero attached hydrogens (tertiary/aromatic N) is 1. The standard InChI is InChI=1S/C15H22N2O2/c1-10-4-6-12(7-5-10)11(2)17(3)15(19)14-8-13(18)9-16-14/h4-7,11,13-14,16,18H,8-9H2,1-3H3. The molecule has 0 aromatic heterocycles. The first-order valence-electron chi connectivity index (χ1n) is 6.73. The number of carbonyl (C=O) groups excluding carboxylic acids is 1. The molecular weight excluding hydrogens is 240 g/mol. The molecule has 1 amide bonds. The largest absolute Gasteiger partial charge is 0.392 e. The van der Waals surface area contributed by atoms with Crippen molar-refractivity contribution in [3.05, 3.63) is 35.4 Å². The van der Waals surface area contributed by atoms with Crippen LogP contribution in [0.1, 0.15) is 30.5 Å². The predicted octanol–water partition coefficient (Wildman–Crippen LogP) is 1.24. The number of β-amino-alcohol motifs (C(OH)–C–C–N with tert-alkyl or cyclic N) is 1. The van der Waals surface area contributed by atoms with Crippen LogP contribution in [0.5, 0.6) is 0 Å². The number of carbonyl (C=O) groups is 1. The Morgan fingerprint density at radius 1 is 1.42 bits per heavy atom. The fourth-order valence-electron chi connectivity index (χ4n) is 2.41. The van der Waals surface area contributed by atoms with Crippen molar-refractivity contribution in [1.82, 2.24) is 10.2 Å². The zero-order valence-corrected chi connectivity index (χ0v) is 11.8. The highest BCUT2D eigenvalue weighted by molar-refractivity contribution is 5.82. The summed E-state index contributed by atoms with van der Waals surface area (Å²) in [5.74, 6) is 0.0459. The average molecular weight is 262 g/mol. The second-order valence-electron chi connectivity index (χ2n) is 5.39. The van der Waals surface area contributed by atoms with Gasteiger partial charge >= 0.3 is 0 Å². The summed E-state index contributed by atoms with van der Waals surface area (Å²) < 4.78 is 0. The van der Waals surface area contributed by atoms with E-state index < -0.39 is 6.10 Å². The smallest absolute Gasteiger partial charge is 0.240 e. The van der Waals surface area contributed by atoms with Crippen molar-refractivity contribution in [3.63, 3.8) is 0 Å². The highest BCUT2D eigenvalue weighted by atomic mass is 16.3. The number of hydrogen-bond acceptors (Lipinski definition) is 3. The molecular formula is C15H22N2O2. The second-order valence-corrected chi connectivity index (χ2v) is 5.39. The number of aliphatic hydroxyl groups excluding tert-OH is 1. The van der Waals surface area contributed by atoms with E-state index in [1.165, 1.54) is 5.56 Å². The molecule has 2 rings (SSSR count). The first-order chi connectivity index (χ1) is 8.99. The Labute approximate surface area is 114 Å². The fraction of sp³-hybridized carbons (Fsp3) is 0.533. The summed E-state index contributed by atoms with van der Waals surface area (Å²) >= 11 is 0. The summed E-state index contributed by atoms with van der Waals surface area (Å²) in [4.78, 5) is 14.1. The summed E-state index contributed by atoms with van der Waals surface area (Å²) in [6, 6.07) is 8.01. The summed E-state index contributed by atoms with van der Waals surface area (Å²) in [7, 11) is 1.82. The van der Waals surface area contributed by atoms with E-state index in [1.807, 2.05) is 20.9 Å². The molecule has 1 aliphatic rings. The Kier molecular flexibility index (Phi) is 4.22. The molecule has 0 aliphatic carbocycles. The lowest BCUT2D eigenvalue weighted by atomic mass is 10.0. The van der Waals surface area contributed by atoms with Gasteiger partial charge in [-0.05, 0) is 25.8 Å². The lowest BCUT2D eigenvalue weighted by Crippen LogP contribution is -2.42. The molecule has 0 spiro atoms. The first kappa shape index (κ1) is 14.0. The van der Waals surface area contributed by atoms with Gasteiger partial charge in [-0.1, -0.05) is 29.8 Å². The number of likely N-dealkylation sites (N-methyl/N-ethyl adjacent to an activating group) is 1. The number of rotatable bonds is 3. The molecule has 19 heavy (non-hydrogen) atoms. The number of aryl methyl sites for hydroxylation is 1. The molecule has 4 heteroatoms. The Hall–Kier alpha value is -1.39. The van der Waals surface area contributed by atoms with Gasteiger partial charge in [0.15, 0.2) is 0 Å². The molecule has 1 aliphatic heterocycles. The zero-order chi connectivity index (χ0) is 14.0. The van der Waals surface area contributed by atoms with Gasteiger partial charge in [0.05, 0.1) is 18.2 Å². The molecule has 0 bridgehead atoms.